The van der Waals surface area contributed by atoms with E-state index < -0.39 is 0 Å². The van der Waals surface area contributed by atoms with Gasteiger partial charge in [0.25, 0.3) is 0 Å². The lowest BCUT2D eigenvalue weighted by molar-refractivity contribution is 1.12. The third-order valence-corrected chi connectivity index (χ3v) is 2.90. The molecule has 0 atom stereocenters. The molecule has 18 heavy (non-hydrogen) atoms. The lowest BCUT2D eigenvalue weighted by atomic mass is 10.2. The van der Waals surface area contributed by atoms with Crippen molar-refractivity contribution in [3.63, 3.8) is 0 Å². The van der Waals surface area contributed by atoms with E-state index in [9.17, 15) is 0 Å². The third kappa shape index (κ3) is 2.16. The number of anilines is 1. The number of H-pyrrole nitrogens is 1. The summed E-state index contributed by atoms with van der Waals surface area (Å²) < 4.78 is 0.896. The van der Waals surface area contributed by atoms with Gasteiger partial charge >= 0.3 is 0 Å². The highest BCUT2D eigenvalue weighted by Gasteiger charge is 2.07. The van der Waals surface area contributed by atoms with Crippen LogP contribution < -0.4 is 11.2 Å². The van der Waals surface area contributed by atoms with Crippen molar-refractivity contribution in [3.8, 4) is 6.07 Å². The Morgan fingerprint density at radius 1 is 1.61 bits per heavy atom. The molecule has 0 aliphatic heterocycles. The standard InChI is InChI=1S/C10H8BrN7/c11-6-1-2-7(9-5(6)4-15-18-9)16-17-8(3-12)10(13)14/h1-2,4,16H,(H3,13,14)(H,15,18)/b17-8+. The van der Waals surface area contributed by atoms with Crippen LogP contribution in [-0.2, 0) is 0 Å². The zero-order valence-corrected chi connectivity index (χ0v) is 10.6. The predicted molar refractivity (Wildman–Crippen MR) is 72.4 cm³/mol. The van der Waals surface area contributed by atoms with E-state index in [0.717, 1.165) is 15.4 Å². The van der Waals surface area contributed by atoms with Gasteiger partial charge in [0.05, 0.1) is 17.4 Å². The molecule has 5 N–H and O–H groups in total. The van der Waals surface area contributed by atoms with E-state index in [1.807, 2.05) is 6.07 Å². The largest absolute Gasteiger partial charge is 0.382 e. The van der Waals surface area contributed by atoms with Crippen LogP contribution in [0.25, 0.3) is 10.9 Å². The highest BCUT2D eigenvalue weighted by molar-refractivity contribution is 9.10. The Morgan fingerprint density at radius 2 is 2.39 bits per heavy atom. The Labute approximate surface area is 110 Å². The predicted octanol–water partition coefficient (Wildman–Crippen LogP) is 1.55. The lowest BCUT2D eigenvalue weighted by Gasteiger charge is -2.03. The van der Waals surface area contributed by atoms with Gasteiger partial charge in [-0.3, -0.25) is 15.9 Å². The van der Waals surface area contributed by atoms with Gasteiger partial charge < -0.3 is 5.73 Å². The fourth-order valence-corrected chi connectivity index (χ4v) is 1.79. The minimum Gasteiger partial charge on any atom is -0.382 e. The van der Waals surface area contributed by atoms with Crippen molar-refractivity contribution in [2.75, 3.05) is 5.43 Å². The number of hydrogen-bond acceptors (Lipinski definition) is 5. The molecule has 0 aliphatic carbocycles. The number of amidine groups is 1. The Kier molecular flexibility index (Phi) is 3.25. The normalized spacial score (nSPS) is 11.2. The number of aromatic nitrogens is 2. The van der Waals surface area contributed by atoms with Crippen LogP contribution in [0.2, 0.25) is 0 Å². The smallest absolute Gasteiger partial charge is 0.201 e. The number of fused-ring (bicyclic) bond motifs is 1. The highest BCUT2D eigenvalue weighted by Crippen LogP contribution is 2.28. The van der Waals surface area contributed by atoms with Crippen LogP contribution in [0.15, 0.2) is 27.9 Å². The second-order valence-corrected chi connectivity index (χ2v) is 4.21. The maximum absolute atomic E-state index is 8.72. The SMILES string of the molecule is N#C/C(=N\Nc1ccc(Br)c2cn[nH]c12)C(=N)N. The van der Waals surface area contributed by atoms with Crippen LogP contribution in [0.4, 0.5) is 5.69 Å². The maximum atomic E-state index is 8.72. The number of benzene rings is 1. The molecule has 0 spiro atoms. The first-order valence-electron chi connectivity index (χ1n) is 4.83. The van der Waals surface area contributed by atoms with Crippen molar-refractivity contribution in [1.29, 1.82) is 10.7 Å². The second-order valence-electron chi connectivity index (χ2n) is 3.35. The molecular weight excluding hydrogens is 298 g/mol. The number of rotatable bonds is 3. The van der Waals surface area contributed by atoms with Gasteiger partial charge in [-0.2, -0.15) is 15.5 Å². The molecule has 1 aromatic carbocycles. The zero-order chi connectivity index (χ0) is 13.1. The van der Waals surface area contributed by atoms with Gasteiger partial charge in [-0.05, 0) is 12.1 Å². The first-order valence-corrected chi connectivity index (χ1v) is 5.62. The molecule has 0 radical (unpaired) electrons. The topological polar surface area (TPSA) is 127 Å². The van der Waals surface area contributed by atoms with Crippen molar-refractivity contribution >= 4 is 44.1 Å². The molecule has 0 amide bonds. The summed E-state index contributed by atoms with van der Waals surface area (Å²) in [5.74, 6) is -0.386. The second kappa shape index (κ2) is 4.85. The average Bonchev–Trinajstić information content (AvgIpc) is 2.82. The van der Waals surface area contributed by atoms with E-state index in [1.54, 1.807) is 18.3 Å². The molecule has 0 unspecified atom stereocenters. The van der Waals surface area contributed by atoms with E-state index >= 15 is 0 Å². The van der Waals surface area contributed by atoms with Gasteiger partial charge in [-0.25, -0.2) is 0 Å². The van der Waals surface area contributed by atoms with Gasteiger partial charge in [0.1, 0.15) is 6.07 Å². The third-order valence-electron chi connectivity index (χ3n) is 2.21. The molecule has 0 aliphatic rings. The fourth-order valence-electron chi connectivity index (χ4n) is 1.36. The van der Waals surface area contributed by atoms with Crippen molar-refractivity contribution in [3.05, 3.63) is 22.8 Å². The number of nitrogens with two attached hydrogens (primary N) is 1. The summed E-state index contributed by atoms with van der Waals surface area (Å²) in [7, 11) is 0. The summed E-state index contributed by atoms with van der Waals surface area (Å²) in [5.41, 5.74) is 9.08. The number of nitriles is 1. The summed E-state index contributed by atoms with van der Waals surface area (Å²) >= 11 is 3.40. The van der Waals surface area contributed by atoms with Crippen LogP contribution in [0, 0.1) is 16.7 Å². The Balaban J connectivity index is 2.39. The van der Waals surface area contributed by atoms with Crippen LogP contribution in [0.1, 0.15) is 0 Å². The van der Waals surface area contributed by atoms with Crippen LogP contribution in [-0.4, -0.2) is 21.7 Å². The van der Waals surface area contributed by atoms with E-state index in [0.29, 0.717) is 5.69 Å². The molecule has 2 rings (SSSR count). The lowest BCUT2D eigenvalue weighted by Crippen LogP contribution is -2.21. The van der Waals surface area contributed by atoms with Crippen molar-refractivity contribution < 1.29 is 0 Å². The quantitative estimate of drug-likeness (QED) is 0.390. The summed E-state index contributed by atoms with van der Waals surface area (Å²) in [6, 6.07) is 5.32. The maximum Gasteiger partial charge on any atom is 0.201 e. The Hall–Kier alpha value is -2.40. The summed E-state index contributed by atoms with van der Waals surface area (Å²) in [5, 5.41) is 27.3. The summed E-state index contributed by atoms with van der Waals surface area (Å²) in [6.45, 7) is 0. The van der Waals surface area contributed by atoms with E-state index in [2.05, 4.69) is 36.7 Å². The number of aromatic amines is 1. The molecule has 1 heterocycles. The highest BCUT2D eigenvalue weighted by atomic mass is 79.9. The average molecular weight is 306 g/mol. The molecule has 8 heteroatoms. The van der Waals surface area contributed by atoms with E-state index in [4.69, 9.17) is 16.4 Å². The Morgan fingerprint density at radius 3 is 3.06 bits per heavy atom. The van der Waals surface area contributed by atoms with Crippen LogP contribution in [0.5, 0.6) is 0 Å². The minimum absolute atomic E-state index is 0.175. The van der Waals surface area contributed by atoms with Crippen molar-refractivity contribution in [2.24, 2.45) is 10.8 Å². The fraction of sp³-hybridized carbons (Fsp3) is 0. The first-order chi connectivity index (χ1) is 8.63. The van der Waals surface area contributed by atoms with Crippen molar-refractivity contribution in [1.82, 2.24) is 10.2 Å². The number of nitrogens with zero attached hydrogens (tertiary/aromatic N) is 3. The van der Waals surface area contributed by atoms with Crippen LogP contribution >= 0.6 is 15.9 Å². The molecule has 90 valence electrons. The van der Waals surface area contributed by atoms with Gasteiger partial charge in [0.2, 0.25) is 5.71 Å². The molecule has 0 saturated heterocycles. The molecule has 0 saturated carbocycles. The van der Waals surface area contributed by atoms with Gasteiger partial charge in [0.15, 0.2) is 5.84 Å². The monoisotopic (exact) mass is 305 g/mol. The van der Waals surface area contributed by atoms with E-state index in [-0.39, 0.29) is 11.5 Å². The van der Waals surface area contributed by atoms with Gasteiger partial charge in [0, 0.05) is 9.86 Å². The van der Waals surface area contributed by atoms with Crippen molar-refractivity contribution in [2.45, 2.75) is 0 Å². The minimum atomic E-state index is -0.386. The summed E-state index contributed by atoms with van der Waals surface area (Å²) in [4.78, 5) is 0. The summed E-state index contributed by atoms with van der Waals surface area (Å²) in [6.07, 6.45) is 1.67. The molecule has 0 bridgehead atoms. The number of nitrogens with one attached hydrogen (secondary N) is 3. The molecule has 0 fully saturated rings. The number of hydrogen-bond donors (Lipinski definition) is 4. The Bertz CT molecular complexity index is 679. The number of halogens is 1. The van der Waals surface area contributed by atoms with Gasteiger partial charge in [-0.1, -0.05) is 15.9 Å². The zero-order valence-electron chi connectivity index (χ0n) is 9.03. The first kappa shape index (κ1) is 12.1. The number of hydrazone groups is 1. The van der Waals surface area contributed by atoms with E-state index in [1.165, 1.54) is 0 Å². The van der Waals surface area contributed by atoms with Crippen LogP contribution in [0.3, 0.4) is 0 Å². The van der Waals surface area contributed by atoms with Gasteiger partial charge in [-0.15, -0.1) is 0 Å². The molecular formula is C10H8BrN7. The molecule has 1 aromatic heterocycles. The molecule has 2 aromatic rings. The molecule has 7 nitrogen and oxygen atoms in total.